The molecule has 1 aliphatic heterocycles. The van der Waals surface area contributed by atoms with Crippen molar-refractivity contribution in [3.63, 3.8) is 0 Å². The Kier molecular flexibility index (Phi) is 8.06. The second-order valence-corrected chi connectivity index (χ2v) is 7.81. The number of thioether (sulfide) groups is 1. The van der Waals surface area contributed by atoms with Gasteiger partial charge in [-0.15, -0.1) is 0 Å². The van der Waals surface area contributed by atoms with Crippen LogP contribution >= 0.6 is 24.0 Å². The fraction of sp³-hybridized carbons (Fsp3) is 0.444. The maximum Gasteiger partial charge on any atom is 0.303 e. The van der Waals surface area contributed by atoms with Crippen LogP contribution in [0.2, 0.25) is 0 Å². The number of hydrogen-bond acceptors (Lipinski definition) is 5. The zero-order valence-electron chi connectivity index (χ0n) is 14.3. The summed E-state index contributed by atoms with van der Waals surface area (Å²) >= 11 is 6.60. The summed E-state index contributed by atoms with van der Waals surface area (Å²) in [4.78, 5) is 36.4. The number of carboxylic acids is 1. The molecule has 1 fully saturated rings. The summed E-state index contributed by atoms with van der Waals surface area (Å²) in [6.45, 7) is 0.923. The summed E-state index contributed by atoms with van der Waals surface area (Å²) in [5, 5.41) is 11.4. The van der Waals surface area contributed by atoms with E-state index in [1.54, 1.807) is 12.1 Å². The largest absolute Gasteiger partial charge is 0.481 e. The van der Waals surface area contributed by atoms with E-state index in [9.17, 15) is 14.4 Å². The second kappa shape index (κ2) is 10.3. The monoisotopic (exact) mass is 394 g/mol. The minimum atomic E-state index is -0.871. The fourth-order valence-corrected chi connectivity index (χ4v) is 4.21. The second-order valence-electron chi connectivity index (χ2n) is 5.98. The molecule has 0 saturated carbocycles. The zero-order valence-corrected chi connectivity index (χ0v) is 16.0. The van der Waals surface area contributed by atoms with Gasteiger partial charge in [0.1, 0.15) is 4.32 Å². The van der Waals surface area contributed by atoms with E-state index in [1.165, 1.54) is 16.7 Å². The van der Waals surface area contributed by atoms with Crippen molar-refractivity contribution in [2.45, 2.75) is 37.4 Å². The third kappa shape index (κ3) is 6.10. The van der Waals surface area contributed by atoms with E-state index in [4.69, 9.17) is 17.3 Å². The number of unbranched alkanes of at least 4 members (excludes halogenated alkanes) is 1. The Labute approximate surface area is 162 Å². The fourth-order valence-electron chi connectivity index (χ4n) is 2.62. The van der Waals surface area contributed by atoms with Gasteiger partial charge in [0.05, 0.1) is 5.25 Å². The first kappa shape index (κ1) is 20.4. The highest BCUT2D eigenvalue weighted by molar-refractivity contribution is 8.24. The van der Waals surface area contributed by atoms with Gasteiger partial charge in [-0.05, 0) is 31.4 Å². The molecule has 0 spiro atoms. The lowest BCUT2D eigenvalue weighted by atomic mass is 10.1. The van der Waals surface area contributed by atoms with Gasteiger partial charge in [0.2, 0.25) is 5.91 Å². The topological polar surface area (TPSA) is 86.7 Å². The van der Waals surface area contributed by atoms with Crippen LogP contribution in [0.3, 0.4) is 0 Å². The van der Waals surface area contributed by atoms with Crippen LogP contribution in [-0.4, -0.2) is 50.5 Å². The van der Waals surface area contributed by atoms with Crippen molar-refractivity contribution in [3.05, 3.63) is 35.9 Å². The summed E-state index contributed by atoms with van der Waals surface area (Å²) < 4.78 is 0.530. The van der Waals surface area contributed by atoms with Crippen molar-refractivity contribution in [2.24, 2.45) is 0 Å². The number of hydrogen-bond donors (Lipinski definition) is 2. The van der Waals surface area contributed by atoms with Crippen LogP contribution in [0.4, 0.5) is 0 Å². The molecule has 1 saturated heterocycles. The molecule has 0 radical (unpaired) electrons. The van der Waals surface area contributed by atoms with E-state index in [0.717, 1.165) is 12.8 Å². The summed E-state index contributed by atoms with van der Waals surface area (Å²) in [7, 11) is 0. The predicted molar refractivity (Wildman–Crippen MR) is 105 cm³/mol. The van der Waals surface area contributed by atoms with Gasteiger partial charge in [-0.1, -0.05) is 48.6 Å². The van der Waals surface area contributed by atoms with Crippen LogP contribution in [0.1, 0.15) is 42.5 Å². The molecule has 0 unspecified atom stereocenters. The molecule has 1 aromatic carbocycles. The summed E-state index contributed by atoms with van der Waals surface area (Å²) in [5.41, 5.74) is 0.636. The van der Waals surface area contributed by atoms with Crippen molar-refractivity contribution < 1.29 is 19.5 Å². The molecule has 1 aliphatic rings. The maximum atomic E-state index is 12.3. The van der Waals surface area contributed by atoms with Crippen LogP contribution in [0.25, 0.3) is 0 Å². The van der Waals surface area contributed by atoms with E-state index in [-0.39, 0.29) is 23.5 Å². The number of aliphatic carboxylic acids is 1. The average molecular weight is 395 g/mol. The number of rotatable bonds is 10. The van der Waals surface area contributed by atoms with Crippen molar-refractivity contribution >= 4 is 46.1 Å². The first-order valence-electron chi connectivity index (χ1n) is 8.56. The average Bonchev–Trinajstić information content (AvgIpc) is 2.89. The smallest absolute Gasteiger partial charge is 0.303 e. The normalized spacial score (nSPS) is 16.8. The van der Waals surface area contributed by atoms with E-state index in [1.807, 2.05) is 18.2 Å². The molecule has 140 valence electrons. The molecule has 2 amide bonds. The van der Waals surface area contributed by atoms with Gasteiger partial charge in [0.25, 0.3) is 5.91 Å². The lowest BCUT2D eigenvalue weighted by Gasteiger charge is -2.14. The number of benzene rings is 1. The molecular formula is C18H22N2O4S2. The standard InChI is InChI=1S/C18H22N2O4S2/c21-15(22)10-6-12-20-17(24)14(26-18(20)25)9-4-5-11-19-16(23)13-7-2-1-3-8-13/h1-3,7-8,14H,4-6,9-12H2,(H,19,23)(H,21,22)/t14-/m0/s1. The van der Waals surface area contributed by atoms with Gasteiger partial charge in [-0.2, -0.15) is 0 Å². The lowest BCUT2D eigenvalue weighted by molar-refractivity contribution is -0.137. The molecule has 0 aromatic heterocycles. The minimum absolute atomic E-state index is 0.0290. The summed E-state index contributed by atoms with van der Waals surface area (Å²) in [5.74, 6) is -0.995. The highest BCUT2D eigenvalue weighted by Crippen LogP contribution is 2.30. The molecule has 0 bridgehead atoms. The number of thiocarbonyl (C=S) groups is 1. The summed E-state index contributed by atoms with van der Waals surface area (Å²) in [6, 6.07) is 9.04. The van der Waals surface area contributed by atoms with Gasteiger partial charge in [0.15, 0.2) is 0 Å². The van der Waals surface area contributed by atoms with Crippen LogP contribution < -0.4 is 5.32 Å². The predicted octanol–water partition coefficient (Wildman–Crippen LogP) is 2.68. The molecule has 2 N–H and O–H groups in total. The Morgan fingerprint density at radius 3 is 2.62 bits per heavy atom. The highest BCUT2D eigenvalue weighted by Gasteiger charge is 2.35. The number of nitrogens with one attached hydrogen (secondary N) is 1. The van der Waals surface area contributed by atoms with Crippen molar-refractivity contribution in [1.82, 2.24) is 10.2 Å². The number of carboxylic acid groups (broad SMARTS) is 1. The van der Waals surface area contributed by atoms with Gasteiger partial charge in [-0.3, -0.25) is 19.3 Å². The van der Waals surface area contributed by atoms with E-state index < -0.39 is 5.97 Å². The quantitative estimate of drug-likeness (QED) is 0.469. The Morgan fingerprint density at radius 2 is 1.92 bits per heavy atom. The molecule has 1 heterocycles. The van der Waals surface area contributed by atoms with Gasteiger partial charge in [-0.25, -0.2) is 0 Å². The molecule has 2 rings (SSSR count). The molecule has 6 nitrogen and oxygen atoms in total. The summed E-state index contributed by atoms with van der Waals surface area (Å²) in [6.07, 6.45) is 2.72. The Bertz CT molecular complexity index is 666. The van der Waals surface area contributed by atoms with Crippen LogP contribution in [0, 0.1) is 0 Å². The molecular weight excluding hydrogens is 372 g/mol. The van der Waals surface area contributed by atoms with Gasteiger partial charge < -0.3 is 10.4 Å². The molecule has 1 atom stereocenters. The maximum absolute atomic E-state index is 12.3. The number of nitrogens with zero attached hydrogens (tertiary/aromatic N) is 1. The Morgan fingerprint density at radius 1 is 1.19 bits per heavy atom. The van der Waals surface area contributed by atoms with Crippen molar-refractivity contribution in [3.8, 4) is 0 Å². The third-order valence-electron chi connectivity index (χ3n) is 3.99. The van der Waals surface area contributed by atoms with Crippen LogP contribution in [0.15, 0.2) is 30.3 Å². The Balaban J connectivity index is 1.65. The van der Waals surface area contributed by atoms with E-state index in [2.05, 4.69) is 5.32 Å². The minimum Gasteiger partial charge on any atom is -0.481 e. The number of carbonyl (C=O) groups excluding carboxylic acids is 2. The SMILES string of the molecule is O=C(O)CCCN1C(=O)[C@H](CCCCNC(=O)c2ccccc2)SC1=S. The van der Waals surface area contributed by atoms with Gasteiger partial charge >= 0.3 is 5.97 Å². The van der Waals surface area contributed by atoms with Crippen LogP contribution in [-0.2, 0) is 9.59 Å². The van der Waals surface area contributed by atoms with Gasteiger partial charge in [0, 0.05) is 25.1 Å². The number of carbonyl (C=O) groups is 3. The van der Waals surface area contributed by atoms with E-state index >= 15 is 0 Å². The first-order chi connectivity index (χ1) is 12.5. The molecule has 26 heavy (non-hydrogen) atoms. The molecule has 0 aliphatic carbocycles. The highest BCUT2D eigenvalue weighted by atomic mass is 32.2. The van der Waals surface area contributed by atoms with E-state index in [0.29, 0.717) is 35.8 Å². The van der Waals surface area contributed by atoms with Crippen molar-refractivity contribution in [1.29, 1.82) is 0 Å². The zero-order chi connectivity index (χ0) is 18.9. The molecule has 1 aromatic rings. The Hall–Kier alpha value is -1.93. The first-order valence-corrected chi connectivity index (χ1v) is 9.85. The van der Waals surface area contributed by atoms with Crippen molar-refractivity contribution in [2.75, 3.05) is 13.1 Å². The molecule has 8 heteroatoms. The third-order valence-corrected chi connectivity index (χ3v) is 5.64. The number of amides is 2. The van der Waals surface area contributed by atoms with Crippen LogP contribution in [0.5, 0.6) is 0 Å². The lowest BCUT2D eigenvalue weighted by Crippen LogP contribution is -2.32.